The summed E-state index contributed by atoms with van der Waals surface area (Å²) in [7, 11) is 0. The number of carboxylic acid groups (broad SMARTS) is 5. The molecule has 0 fully saturated rings. The minimum Gasteiger partial charge on any atom is -0.508 e. The van der Waals surface area contributed by atoms with E-state index in [4.69, 9.17) is 5.11 Å². The zero-order valence-electron chi connectivity index (χ0n) is 45.8. The molecule has 0 aliphatic carbocycles. The third kappa shape index (κ3) is 30.5. The number of carboxylic acids is 5. The predicted molar refractivity (Wildman–Crippen MR) is 289 cm³/mol. The second-order valence-electron chi connectivity index (χ2n) is 19.7. The van der Waals surface area contributed by atoms with Crippen molar-refractivity contribution in [2.75, 3.05) is 39.3 Å². The van der Waals surface area contributed by atoms with Crippen molar-refractivity contribution in [1.29, 1.82) is 0 Å². The molecule has 12 N–H and O–H groups in total. The van der Waals surface area contributed by atoms with Crippen LogP contribution in [0.15, 0.2) is 36.4 Å². The van der Waals surface area contributed by atoms with E-state index >= 15 is 0 Å². The van der Waals surface area contributed by atoms with E-state index in [0.29, 0.717) is 88.2 Å². The molecule has 444 valence electrons. The van der Waals surface area contributed by atoms with Crippen molar-refractivity contribution in [2.45, 2.75) is 167 Å². The van der Waals surface area contributed by atoms with Crippen LogP contribution < -0.4 is 26.6 Å². The fraction of sp³-hybridized carbons (Fsp3) is 0.582. The van der Waals surface area contributed by atoms with Crippen LogP contribution in [0.2, 0.25) is 0 Å². The lowest BCUT2D eigenvalue weighted by Gasteiger charge is -2.26. The number of aliphatic carboxylic acids is 5. The first kappa shape index (κ1) is 68.4. The molecular formula is C55H81N7O18. The summed E-state index contributed by atoms with van der Waals surface area (Å²) in [5.74, 6) is -7.40. The highest BCUT2D eigenvalue weighted by atomic mass is 16.4. The molecule has 25 nitrogen and oxygen atoms in total. The number of rotatable bonds is 44. The molecule has 0 radical (unpaired) electrons. The monoisotopic (exact) mass is 1130 g/mol. The molecule has 3 unspecified atom stereocenters. The fourth-order valence-electron chi connectivity index (χ4n) is 8.55. The number of nitrogens with zero attached hydrogens (tertiary/aromatic N) is 2. The molecule has 0 saturated heterocycles. The summed E-state index contributed by atoms with van der Waals surface area (Å²) in [4.78, 5) is 135. The van der Waals surface area contributed by atoms with Gasteiger partial charge in [0.15, 0.2) is 0 Å². The largest absolute Gasteiger partial charge is 0.508 e. The van der Waals surface area contributed by atoms with Gasteiger partial charge in [-0.1, -0.05) is 50.5 Å². The molecule has 3 atom stereocenters. The van der Waals surface area contributed by atoms with E-state index in [2.05, 4.69) is 26.6 Å². The maximum atomic E-state index is 12.8. The number of carbonyl (C=O) groups excluding carboxylic acids is 6. The summed E-state index contributed by atoms with van der Waals surface area (Å²) in [5.41, 5.74) is 2.28. The highest BCUT2D eigenvalue weighted by Gasteiger charge is 2.25. The zero-order valence-corrected chi connectivity index (χ0v) is 45.8. The molecular weight excluding hydrogens is 1050 g/mol. The van der Waals surface area contributed by atoms with Crippen molar-refractivity contribution in [3.05, 3.63) is 58.7 Å². The maximum absolute atomic E-state index is 12.8. The Labute approximate surface area is 465 Å². The first-order valence-corrected chi connectivity index (χ1v) is 27.0. The molecule has 2 aromatic carbocycles. The maximum Gasteiger partial charge on any atom is 0.326 e. The van der Waals surface area contributed by atoms with Gasteiger partial charge >= 0.3 is 35.9 Å². The number of hydrogen-bond donors (Lipinski definition) is 12. The Morgan fingerprint density at radius 2 is 0.988 bits per heavy atom. The fourth-order valence-corrected chi connectivity index (χ4v) is 8.55. The molecule has 0 aliphatic rings. The number of phenols is 2. The van der Waals surface area contributed by atoms with E-state index in [1.807, 2.05) is 6.92 Å². The van der Waals surface area contributed by atoms with Gasteiger partial charge in [0, 0.05) is 95.8 Å². The Kier molecular flexibility index (Phi) is 32.5. The SMILES string of the molecule is CCCC(NC(C)=O)C(=O)NCCCC(=O)CCc1ccc(O)c(CN(CCN(CC(=O)O)Cc2cc(CCC(=O)CCCCCCC(=O)NCCCCC(NC(=O)NC(CCC(=O)O)C(=O)O)C(=O)O)ccc2O)CC(=O)O)c1. The Hall–Kier alpha value is -7.67. The number of carbonyl (C=O) groups is 11. The van der Waals surface area contributed by atoms with Crippen molar-refractivity contribution in [1.82, 2.24) is 36.4 Å². The summed E-state index contributed by atoms with van der Waals surface area (Å²) in [6, 6.07) is 5.09. The van der Waals surface area contributed by atoms with Gasteiger partial charge in [-0.05, 0) is 87.5 Å². The van der Waals surface area contributed by atoms with E-state index < -0.39 is 73.5 Å². The van der Waals surface area contributed by atoms with E-state index in [1.54, 1.807) is 24.3 Å². The Morgan fingerprint density at radius 1 is 0.500 bits per heavy atom. The Bertz CT molecular complexity index is 2400. The number of aryl methyl sites for hydroxylation is 2. The molecule has 80 heavy (non-hydrogen) atoms. The van der Waals surface area contributed by atoms with E-state index in [9.17, 15) is 83.4 Å². The van der Waals surface area contributed by atoms with Gasteiger partial charge in [-0.3, -0.25) is 48.2 Å². The molecule has 2 aromatic rings. The summed E-state index contributed by atoms with van der Waals surface area (Å²) in [6.45, 7) is 3.00. The molecule has 0 bridgehead atoms. The standard InChI is InChI=1S/C55H81N7O18/c1-3-11-43(58-36(2)63)52(75)57-27-10-13-42(65)21-17-38-19-24-47(67)40(31-38)33-62(35-51(73)74)29-28-61(34-50(71)72)32-39-30-37(18-23-46(39)66)16-20-41(64)12-6-4-5-7-15-48(68)56-26-9-8-14-44(53(76)77)59-55(80)60-45(54(78)79)22-25-49(69)70/h18-19,23-24,30-31,43-45,66-67H,3-17,20-22,25-29,32-35H2,1-2H3,(H,56,68)(H,57,75)(H,58,63)(H,69,70)(H,71,72)(H,73,74)(H,76,77)(H,78,79)(H2,59,60,80). The van der Waals surface area contributed by atoms with Crippen LogP contribution in [0.1, 0.15) is 145 Å². The van der Waals surface area contributed by atoms with Crippen LogP contribution in [-0.2, 0) is 73.9 Å². The lowest BCUT2D eigenvalue weighted by molar-refractivity contribution is -0.141. The molecule has 0 heterocycles. The number of ketones is 2. The zero-order chi connectivity index (χ0) is 59.6. The summed E-state index contributed by atoms with van der Waals surface area (Å²) < 4.78 is 0. The average Bonchev–Trinajstić information content (AvgIpc) is 3.38. The number of benzene rings is 2. The van der Waals surface area contributed by atoms with Crippen LogP contribution in [0.25, 0.3) is 0 Å². The molecule has 0 saturated carbocycles. The lowest BCUT2D eigenvalue weighted by Crippen LogP contribution is -2.51. The van der Waals surface area contributed by atoms with Crippen LogP contribution in [0.5, 0.6) is 11.5 Å². The highest BCUT2D eigenvalue weighted by Crippen LogP contribution is 2.24. The number of urea groups is 1. The van der Waals surface area contributed by atoms with Gasteiger partial charge in [0.05, 0.1) is 13.1 Å². The van der Waals surface area contributed by atoms with E-state index in [1.165, 1.54) is 28.9 Å². The first-order chi connectivity index (χ1) is 37.9. The molecule has 0 spiro atoms. The summed E-state index contributed by atoms with van der Waals surface area (Å²) in [5, 5.41) is 80.8. The summed E-state index contributed by atoms with van der Waals surface area (Å²) >= 11 is 0. The molecule has 5 amide bonds. The Balaban J connectivity index is 1.80. The topological polar surface area (TPSA) is 396 Å². The number of aromatic hydroxyl groups is 2. The second kappa shape index (κ2) is 38.0. The molecule has 0 aromatic heterocycles. The van der Waals surface area contributed by atoms with Crippen LogP contribution in [-0.4, -0.2) is 168 Å². The smallest absolute Gasteiger partial charge is 0.326 e. The highest BCUT2D eigenvalue weighted by molar-refractivity contribution is 5.87. The van der Waals surface area contributed by atoms with E-state index in [0.717, 1.165) is 11.1 Å². The van der Waals surface area contributed by atoms with Crippen molar-refractivity contribution >= 4 is 65.2 Å². The predicted octanol–water partition coefficient (Wildman–Crippen LogP) is 3.47. The van der Waals surface area contributed by atoms with Crippen LogP contribution in [0.4, 0.5) is 4.79 Å². The number of nitrogens with one attached hydrogen (secondary N) is 5. The molecule has 25 heteroatoms. The van der Waals surface area contributed by atoms with Crippen LogP contribution in [0, 0.1) is 0 Å². The van der Waals surface area contributed by atoms with E-state index in [-0.39, 0.29) is 119 Å². The van der Waals surface area contributed by atoms with Gasteiger partial charge in [0.1, 0.15) is 41.2 Å². The number of phenolic OH excluding ortho intramolecular Hbond substituents is 2. The van der Waals surface area contributed by atoms with Crippen LogP contribution in [0.3, 0.4) is 0 Å². The second-order valence-corrected chi connectivity index (χ2v) is 19.7. The van der Waals surface area contributed by atoms with Crippen molar-refractivity contribution in [3.63, 3.8) is 0 Å². The van der Waals surface area contributed by atoms with Gasteiger partial charge < -0.3 is 62.3 Å². The van der Waals surface area contributed by atoms with Crippen LogP contribution >= 0.6 is 0 Å². The van der Waals surface area contributed by atoms with Crippen molar-refractivity contribution in [3.8, 4) is 11.5 Å². The number of hydrogen-bond acceptors (Lipinski definition) is 15. The first-order valence-electron chi connectivity index (χ1n) is 27.0. The minimum atomic E-state index is -1.52. The number of unbranched alkanes of at least 4 members (excludes halogenated alkanes) is 4. The third-order valence-electron chi connectivity index (χ3n) is 12.8. The molecule has 2 rings (SSSR count). The van der Waals surface area contributed by atoms with Gasteiger partial charge in [-0.25, -0.2) is 14.4 Å². The minimum absolute atomic E-state index is 0.00589. The average molecular weight is 1130 g/mol. The third-order valence-corrected chi connectivity index (χ3v) is 12.8. The van der Waals surface area contributed by atoms with Gasteiger partial charge in [-0.15, -0.1) is 0 Å². The van der Waals surface area contributed by atoms with Crippen molar-refractivity contribution in [2.24, 2.45) is 0 Å². The Morgan fingerprint density at radius 3 is 1.46 bits per heavy atom. The number of Topliss-reactive ketones (excluding diaryl/α,β-unsaturated/α-hetero) is 2. The molecule has 0 aliphatic heterocycles. The number of amides is 5. The quantitative estimate of drug-likeness (QED) is 0.0423. The lowest BCUT2D eigenvalue weighted by atomic mass is 10.0. The normalized spacial score (nSPS) is 12.2. The summed E-state index contributed by atoms with van der Waals surface area (Å²) in [6.07, 6.45) is 5.91. The van der Waals surface area contributed by atoms with Gasteiger partial charge in [-0.2, -0.15) is 0 Å². The van der Waals surface area contributed by atoms with Gasteiger partial charge in [0.2, 0.25) is 17.7 Å². The van der Waals surface area contributed by atoms with Gasteiger partial charge in [0.25, 0.3) is 0 Å². The van der Waals surface area contributed by atoms with Crippen molar-refractivity contribution < 1.29 is 88.5 Å².